The minimum atomic E-state index is 0.384. The molecule has 0 aromatic carbocycles. The van der Waals surface area contributed by atoms with Crippen molar-refractivity contribution >= 4 is 0 Å². The van der Waals surface area contributed by atoms with Gasteiger partial charge in [-0.15, -0.1) is 0 Å². The number of hydrogen-bond acceptors (Lipinski definition) is 3. The van der Waals surface area contributed by atoms with Crippen molar-refractivity contribution in [2.75, 3.05) is 0 Å². The Kier molecular flexibility index (Phi) is 4.96. The van der Waals surface area contributed by atoms with Crippen LogP contribution in [-0.4, -0.2) is 15.8 Å². The smallest absolute Gasteiger partial charge is 0.0521 e. The minimum absolute atomic E-state index is 0.384. The van der Waals surface area contributed by atoms with E-state index in [9.17, 15) is 0 Å². The van der Waals surface area contributed by atoms with Gasteiger partial charge < -0.3 is 0 Å². The van der Waals surface area contributed by atoms with Crippen LogP contribution in [0.25, 0.3) is 0 Å². The summed E-state index contributed by atoms with van der Waals surface area (Å²) in [6.07, 6.45) is 14.8. The first-order valence-electron chi connectivity index (χ1n) is 6.89. The van der Waals surface area contributed by atoms with Gasteiger partial charge in [-0.3, -0.25) is 16.0 Å². The highest BCUT2D eigenvalue weighted by Gasteiger charge is 2.12. The largest absolute Gasteiger partial charge is 0.276 e. The van der Waals surface area contributed by atoms with E-state index in [0.29, 0.717) is 6.04 Å². The molecule has 1 heterocycles. The molecule has 0 saturated heterocycles. The molecule has 100 valence electrons. The number of aryl methyl sites for hydroxylation is 2. The summed E-state index contributed by atoms with van der Waals surface area (Å²) in [4.78, 5) is 0. The SMILES string of the molecule is Cn1cc(CCC(CC2=CCCCC2)NN)cn1. The summed E-state index contributed by atoms with van der Waals surface area (Å²) in [6.45, 7) is 0. The number of nitrogens with zero attached hydrogens (tertiary/aromatic N) is 2. The molecule has 2 rings (SSSR count). The number of allylic oxidation sites excluding steroid dienone is 1. The molecule has 3 N–H and O–H groups in total. The Bertz CT molecular complexity index is 394. The Morgan fingerprint density at radius 1 is 1.50 bits per heavy atom. The maximum atomic E-state index is 5.66. The van der Waals surface area contributed by atoms with E-state index in [1.165, 1.54) is 31.2 Å². The summed E-state index contributed by atoms with van der Waals surface area (Å²) >= 11 is 0. The maximum absolute atomic E-state index is 5.66. The molecular weight excluding hydrogens is 224 g/mol. The van der Waals surface area contributed by atoms with Crippen LogP contribution in [-0.2, 0) is 13.5 Å². The molecule has 0 radical (unpaired) electrons. The van der Waals surface area contributed by atoms with Gasteiger partial charge in [0.15, 0.2) is 0 Å². The third-order valence-electron chi connectivity index (χ3n) is 3.67. The molecule has 0 saturated carbocycles. The molecule has 0 bridgehead atoms. The van der Waals surface area contributed by atoms with Crippen LogP contribution in [0.3, 0.4) is 0 Å². The van der Waals surface area contributed by atoms with Crippen molar-refractivity contribution in [3.05, 3.63) is 29.6 Å². The fourth-order valence-electron chi connectivity index (χ4n) is 2.59. The Morgan fingerprint density at radius 3 is 3.00 bits per heavy atom. The van der Waals surface area contributed by atoms with E-state index in [1.54, 1.807) is 5.57 Å². The highest BCUT2D eigenvalue weighted by molar-refractivity contribution is 5.08. The molecular formula is C14H24N4. The first-order valence-corrected chi connectivity index (χ1v) is 6.89. The quantitative estimate of drug-likeness (QED) is 0.460. The van der Waals surface area contributed by atoms with Crippen LogP contribution in [0.4, 0.5) is 0 Å². The van der Waals surface area contributed by atoms with Gasteiger partial charge in [0.25, 0.3) is 0 Å². The summed E-state index contributed by atoms with van der Waals surface area (Å²) in [5, 5.41) is 4.19. The second-order valence-corrected chi connectivity index (χ2v) is 5.24. The molecule has 1 aliphatic carbocycles. The molecule has 1 aromatic heterocycles. The zero-order valence-corrected chi connectivity index (χ0v) is 11.2. The van der Waals surface area contributed by atoms with E-state index in [-0.39, 0.29) is 0 Å². The van der Waals surface area contributed by atoms with Crippen LogP contribution < -0.4 is 11.3 Å². The average molecular weight is 248 g/mol. The summed E-state index contributed by atoms with van der Waals surface area (Å²) in [7, 11) is 1.95. The van der Waals surface area contributed by atoms with E-state index in [2.05, 4.69) is 22.8 Å². The van der Waals surface area contributed by atoms with Gasteiger partial charge in [0.1, 0.15) is 0 Å². The summed E-state index contributed by atoms with van der Waals surface area (Å²) in [5.41, 5.74) is 5.82. The van der Waals surface area contributed by atoms with Crippen molar-refractivity contribution in [3.8, 4) is 0 Å². The van der Waals surface area contributed by atoms with Crippen molar-refractivity contribution in [1.82, 2.24) is 15.2 Å². The number of nitrogens with one attached hydrogen (secondary N) is 1. The van der Waals surface area contributed by atoms with Crippen LogP contribution in [0.15, 0.2) is 24.0 Å². The Hall–Kier alpha value is -1.13. The first-order chi connectivity index (χ1) is 8.78. The van der Waals surface area contributed by atoms with Gasteiger partial charge in [0.05, 0.1) is 6.20 Å². The van der Waals surface area contributed by atoms with Crippen molar-refractivity contribution in [2.24, 2.45) is 12.9 Å². The van der Waals surface area contributed by atoms with Crippen molar-refractivity contribution in [1.29, 1.82) is 0 Å². The lowest BCUT2D eigenvalue weighted by Gasteiger charge is -2.19. The first kappa shape index (κ1) is 13.3. The van der Waals surface area contributed by atoms with Crippen LogP contribution in [0.5, 0.6) is 0 Å². The van der Waals surface area contributed by atoms with Gasteiger partial charge in [-0.25, -0.2) is 0 Å². The molecule has 0 fully saturated rings. The molecule has 4 heteroatoms. The number of nitrogens with two attached hydrogens (primary N) is 1. The van der Waals surface area contributed by atoms with E-state index >= 15 is 0 Å². The summed E-state index contributed by atoms with van der Waals surface area (Å²) in [5.74, 6) is 5.66. The van der Waals surface area contributed by atoms with Gasteiger partial charge in [-0.2, -0.15) is 5.10 Å². The summed E-state index contributed by atoms with van der Waals surface area (Å²) in [6, 6.07) is 0.384. The topological polar surface area (TPSA) is 55.9 Å². The van der Waals surface area contributed by atoms with E-state index in [4.69, 9.17) is 5.84 Å². The van der Waals surface area contributed by atoms with Crippen molar-refractivity contribution < 1.29 is 0 Å². The number of hydrazine groups is 1. The average Bonchev–Trinajstić information content (AvgIpc) is 2.81. The van der Waals surface area contributed by atoms with Gasteiger partial charge >= 0.3 is 0 Å². The highest BCUT2D eigenvalue weighted by atomic mass is 15.2. The van der Waals surface area contributed by atoms with E-state index in [1.807, 2.05) is 17.9 Å². The lowest BCUT2D eigenvalue weighted by Crippen LogP contribution is -2.35. The normalized spacial score (nSPS) is 17.6. The van der Waals surface area contributed by atoms with Gasteiger partial charge in [0, 0.05) is 19.3 Å². The van der Waals surface area contributed by atoms with Crippen LogP contribution in [0, 0.1) is 0 Å². The molecule has 0 spiro atoms. The fraction of sp³-hybridized carbons (Fsp3) is 0.643. The van der Waals surface area contributed by atoms with Crippen molar-refractivity contribution in [2.45, 2.75) is 51.0 Å². The van der Waals surface area contributed by atoms with E-state index < -0.39 is 0 Å². The van der Waals surface area contributed by atoms with Crippen LogP contribution in [0.2, 0.25) is 0 Å². The Labute approximate surface area is 109 Å². The third kappa shape index (κ3) is 3.96. The molecule has 1 atom stereocenters. The monoisotopic (exact) mass is 248 g/mol. The standard InChI is InChI=1S/C14H24N4/c1-18-11-13(10-16-18)7-8-14(17-15)9-12-5-3-2-4-6-12/h5,10-11,14,17H,2-4,6-9,15H2,1H3. The molecule has 1 aliphatic rings. The van der Waals surface area contributed by atoms with Crippen molar-refractivity contribution in [3.63, 3.8) is 0 Å². The molecule has 18 heavy (non-hydrogen) atoms. The minimum Gasteiger partial charge on any atom is -0.276 e. The summed E-state index contributed by atoms with van der Waals surface area (Å²) < 4.78 is 1.85. The zero-order valence-electron chi connectivity index (χ0n) is 11.2. The van der Waals surface area contributed by atoms with Crippen LogP contribution in [0.1, 0.15) is 44.1 Å². The Morgan fingerprint density at radius 2 is 2.39 bits per heavy atom. The predicted octanol–water partition coefficient (Wildman–Crippen LogP) is 2.08. The second kappa shape index (κ2) is 6.71. The molecule has 1 unspecified atom stereocenters. The third-order valence-corrected chi connectivity index (χ3v) is 3.67. The highest BCUT2D eigenvalue weighted by Crippen LogP contribution is 2.22. The van der Waals surface area contributed by atoms with Gasteiger partial charge in [-0.05, 0) is 50.5 Å². The van der Waals surface area contributed by atoms with Crippen LogP contribution >= 0.6 is 0 Å². The Balaban J connectivity index is 1.79. The maximum Gasteiger partial charge on any atom is 0.0521 e. The zero-order chi connectivity index (χ0) is 12.8. The molecule has 1 aromatic rings. The molecule has 0 aliphatic heterocycles. The lowest BCUT2D eigenvalue weighted by molar-refractivity contribution is 0.477. The number of hydrogen-bond donors (Lipinski definition) is 2. The second-order valence-electron chi connectivity index (χ2n) is 5.24. The predicted molar refractivity (Wildman–Crippen MR) is 73.8 cm³/mol. The van der Waals surface area contributed by atoms with Gasteiger partial charge in [-0.1, -0.05) is 11.6 Å². The van der Waals surface area contributed by atoms with E-state index in [0.717, 1.165) is 19.3 Å². The molecule has 0 amide bonds. The molecule has 4 nitrogen and oxygen atoms in total. The number of aromatic nitrogens is 2. The fourth-order valence-corrected chi connectivity index (χ4v) is 2.59. The lowest BCUT2D eigenvalue weighted by atomic mass is 9.92. The number of rotatable bonds is 6. The van der Waals surface area contributed by atoms with Gasteiger partial charge in [0.2, 0.25) is 0 Å².